The Bertz CT molecular complexity index is 386. The van der Waals surface area contributed by atoms with Crippen LogP contribution in [-0.2, 0) is 6.42 Å². The van der Waals surface area contributed by atoms with Crippen molar-refractivity contribution in [2.45, 2.75) is 45.1 Å². The molecule has 0 bridgehead atoms. The van der Waals surface area contributed by atoms with Gasteiger partial charge >= 0.3 is 0 Å². The molecule has 1 heterocycles. The maximum absolute atomic E-state index is 5.83. The van der Waals surface area contributed by atoms with Gasteiger partial charge in [-0.1, -0.05) is 13.0 Å². The fraction of sp³-hybridized carbons (Fsp3) is 0.625. The van der Waals surface area contributed by atoms with E-state index in [9.17, 15) is 0 Å². The number of hydrogen-bond donors (Lipinski definition) is 1. The molecule has 0 aliphatic carbocycles. The van der Waals surface area contributed by atoms with Crippen molar-refractivity contribution in [1.82, 2.24) is 5.32 Å². The van der Waals surface area contributed by atoms with Crippen molar-refractivity contribution in [3.8, 4) is 11.5 Å². The van der Waals surface area contributed by atoms with Crippen molar-refractivity contribution in [3.05, 3.63) is 23.8 Å². The standard InChI is InChI=1S/C16H25NO2/c1-3-13-8-9-15(16(12-13)18-2)19-11-5-7-14-6-4-10-17-14/h8-9,12,14,17H,3-7,10-11H2,1-2H3. The molecule has 1 unspecified atom stereocenters. The second-order valence-electron chi connectivity index (χ2n) is 5.12. The molecule has 0 saturated carbocycles. The summed E-state index contributed by atoms with van der Waals surface area (Å²) >= 11 is 0. The van der Waals surface area contributed by atoms with Crippen LogP contribution in [0.4, 0.5) is 0 Å². The molecular weight excluding hydrogens is 238 g/mol. The topological polar surface area (TPSA) is 30.5 Å². The molecule has 2 rings (SSSR count). The first-order valence-corrected chi connectivity index (χ1v) is 7.36. The van der Waals surface area contributed by atoms with Crippen molar-refractivity contribution in [3.63, 3.8) is 0 Å². The molecule has 1 atom stereocenters. The molecule has 3 heteroatoms. The Morgan fingerprint density at radius 3 is 2.89 bits per heavy atom. The lowest BCUT2D eigenvalue weighted by atomic mass is 10.1. The van der Waals surface area contributed by atoms with Crippen molar-refractivity contribution >= 4 is 0 Å². The van der Waals surface area contributed by atoms with Crippen LogP contribution in [0, 0.1) is 0 Å². The van der Waals surface area contributed by atoms with Gasteiger partial charge in [-0.15, -0.1) is 0 Å². The maximum atomic E-state index is 5.83. The summed E-state index contributed by atoms with van der Waals surface area (Å²) in [6.45, 7) is 4.09. The minimum atomic E-state index is 0.702. The van der Waals surface area contributed by atoms with E-state index in [2.05, 4.69) is 24.4 Å². The number of hydrogen-bond acceptors (Lipinski definition) is 3. The molecule has 1 fully saturated rings. The predicted octanol–water partition coefficient (Wildman–Crippen LogP) is 3.17. The van der Waals surface area contributed by atoms with Crippen molar-refractivity contribution in [2.24, 2.45) is 0 Å². The Morgan fingerprint density at radius 2 is 2.21 bits per heavy atom. The van der Waals surface area contributed by atoms with Gasteiger partial charge in [-0.05, 0) is 56.3 Å². The third-order valence-electron chi connectivity index (χ3n) is 3.75. The minimum absolute atomic E-state index is 0.702. The number of nitrogens with one attached hydrogen (secondary N) is 1. The zero-order valence-corrected chi connectivity index (χ0v) is 12.1. The van der Waals surface area contributed by atoms with Crippen LogP contribution in [0.2, 0.25) is 0 Å². The smallest absolute Gasteiger partial charge is 0.161 e. The highest BCUT2D eigenvalue weighted by molar-refractivity contribution is 5.42. The van der Waals surface area contributed by atoms with Gasteiger partial charge in [0.05, 0.1) is 13.7 Å². The van der Waals surface area contributed by atoms with E-state index >= 15 is 0 Å². The lowest BCUT2D eigenvalue weighted by Crippen LogP contribution is -2.21. The van der Waals surface area contributed by atoms with Gasteiger partial charge in [-0.2, -0.15) is 0 Å². The second-order valence-corrected chi connectivity index (χ2v) is 5.12. The molecular formula is C16H25NO2. The zero-order valence-electron chi connectivity index (χ0n) is 12.1. The summed E-state index contributed by atoms with van der Waals surface area (Å²) in [7, 11) is 1.70. The first-order chi connectivity index (χ1) is 9.33. The average molecular weight is 263 g/mol. The Balaban J connectivity index is 1.78. The molecule has 1 aliphatic rings. The van der Waals surface area contributed by atoms with Gasteiger partial charge in [0.2, 0.25) is 0 Å². The Hall–Kier alpha value is -1.22. The SMILES string of the molecule is CCc1ccc(OCCCC2CCCN2)c(OC)c1. The lowest BCUT2D eigenvalue weighted by Gasteiger charge is -2.13. The van der Waals surface area contributed by atoms with Crippen LogP contribution < -0.4 is 14.8 Å². The van der Waals surface area contributed by atoms with E-state index in [4.69, 9.17) is 9.47 Å². The first kappa shape index (κ1) is 14.2. The van der Waals surface area contributed by atoms with Gasteiger partial charge in [-0.25, -0.2) is 0 Å². The molecule has 0 amide bonds. The first-order valence-electron chi connectivity index (χ1n) is 7.36. The van der Waals surface area contributed by atoms with E-state index in [0.717, 1.165) is 30.9 Å². The highest BCUT2D eigenvalue weighted by Crippen LogP contribution is 2.28. The predicted molar refractivity (Wildman–Crippen MR) is 78.1 cm³/mol. The van der Waals surface area contributed by atoms with Crippen molar-refractivity contribution < 1.29 is 9.47 Å². The van der Waals surface area contributed by atoms with Crippen LogP contribution in [-0.4, -0.2) is 26.3 Å². The third-order valence-corrected chi connectivity index (χ3v) is 3.75. The fourth-order valence-corrected chi connectivity index (χ4v) is 2.57. The van der Waals surface area contributed by atoms with Gasteiger partial charge in [-0.3, -0.25) is 0 Å². The molecule has 0 radical (unpaired) electrons. The Labute approximate surface area is 116 Å². The number of methoxy groups -OCH3 is 1. The van der Waals surface area contributed by atoms with Crippen LogP contribution in [0.5, 0.6) is 11.5 Å². The van der Waals surface area contributed by atoms with Crippen LogP contribution in [0.25, 0.3) is 0 Å². The summed E-state index contributed by atoms with van der Waals surface area (Å²) < 4.78 is 11.2. The number of ether oxygens (including phenoxy) is 2. The summed E-state index contributed by atoms with van der Waals surface area (Å²) in [6.07, 6.45) is 5.95. The highest BCUT2D eigenvalue weighted by atomic mass is 16.5. The maximum Gasteiger partial charge on any atom is 0.161 e. The molecule has 19 heavy (non-hydrogen) atoms. The Kier molecular flexibility index (Phi) is 5.52. The monoisotopic (exact) mass is 263 g/mol. The number of rotatable bonds is 7. The van der Waals surface area contributed by atoms with E-state index < -0.39 is 0 Å². The normalized spacial score (nSPS) is 18.5. The van der Waals surface area contributed by atoms with Gasteiger partial charge in [0, 0.05) is 6.04 Å². The van der Waals surface area contributed by atoms with E-state index in [0.29, 0.717) is 6.04 Å². The molecule has 3 nitrogen and oxygen atoms in total. The van der Waals surface area contributed by atoms with Crippen LogP contribution in [0.1, 0.15) is 38.2 Å². The molecule has 1 saturated heterocycles. The van der Waals surface area contributed by atoms with Crippen LogP contribution >= 0.6 is 0 Å². The van der Waals surface area contributed by atoms with E-state index in [1.165, 1.54) is 31.4 Å². The van der Waals surface area contributed by atoms with Gasteiger partial charge in [0.1, 0.15) is 0 Å². The van der Waals surface area contributed by atoms with Crippen molar-refractivity contribution in [1.29, 1.82) is 0 Å². The molecule has 0 spiro atoms. The van der Waals surface area contributed by atoms with E-state index in [1.54, 1.807) is 7.11 Å². The summed E-state index contributed by atoms with van der Waals surface area (Å²) in [5.74, 6) is 1.71. The van der Waals surface area contributed by atoms with Crippen molar-refractivity contribution in [2.75, 3.05) is 20.3 Å². The molecule has 0 aromatic heterocycles. The van der Waals surface area contributed by atoms with Gasteiger partial charge in [0.15, 0.2) is 11.5 Å². The molecule has 106 valence electrons. The Morgan fingerprint density at radius 1 is 1.32 bits per heavy atom. The van der Waals surface area contributed by atoms with Crippen LogP contribution in [0.3, 0.4) is 0 Å². The van der Waals surface area contributed by atoms with Gasteiger partial charge < -0.3 is 14.8 Å². The molecule has 1 aromatic rings. The summed E-state index contributed by atoms with van der Waals surface area (Å²) in [5.41, 5.74) is 1.28. The van der Waals surface area contributed by atoms with Crippen LogP contribution in [0.15, 0.2) is 18.2 Å². The lowest BCUT2D eigenvalue weighted by molar-refractivity contribution is 0.280. The second kappa shape index (κ2) is 7.39. The fourth-order valence-electron chi connectivity index (χ4n) is 2.57. The third kappa shape index (κ3) is 4.13. The number of benzene rings is 1. The summed E-state index contributed by atoms with van der Waals surface area (Å²) in [4.78, 5) is 0. The molecule has 1 N–H and O–H groups in total. The minimum Gasteiger partial charge on any atom is -0.493 e. The largest absolute Gasteiger partial charge is 0.493 e. The average Bonchev–Trinajstić information content (AvgIpc) is 2.96. The number of aryl methyl sites for hydroxylation is 1. The van der Waals surface area contributed by atoms with Gasteiger partial charge in [0.25, 0.3) is 0 Å². The summed E-state index contributed by atoms with van der Waals surface area (Å²) in [5, 5.41) is 3.51. The zero-order chi connectivity index (χ0) is 13.5. The van der Waals surface area contributed by atoms with E-state index in [-0.39, 0.29) is 0 Å². The molecule has 1 aromatic carbocycles. The quantitative estimate of drug-likeness (QED) is 0.766. The molecule has 1 aliphatic heterocycles. The van der Waals surface area contributed by atoms with E-state index in [1.807, 2.05) is 6.07 Å². The highest BCUT2D eigenvalue weighted by Gasteiger charge is 2.13. The summed E-state index contributed by atoms with van der Waals surface area (Å²) in [6, 6.07) is 6.89.